The molecule has 2 aromatic rings. The lowest BCUT2D eigenvalue weighted by molar-refractivity contribution is -0.109. The van der Waals surface area contributed by atoms with Gasteiger partial charge in [0.05, 0.1) is 5.92 Å². The van der Waals surface area contributed by atoms with E-state index in [0.717, 1.165) is 17.6 Å². The summed E-state index contributed by atoms with van der Waals surface area (Å²) in [7, 11) is 0. The van der Waals surface area contributed by atoms with Crippen molar-refractivity contribution in [1.82, 2.24) is 0 Å². The van der Waals surface area contributed by atoms with Crippen LogP contribution in [0.4, 0.5) is 0 Å². The molecule has 1 atom stereocenters. The van der Waals surface area contributed by atoms with Crippen molar-refractivity contribution >= 4 is 17.6 Å². The van der Waals surface area contributed by atoms with Crippen molar-refractivity contribution in [2.75, 3.05) is 0 Å². The molecular weight excluding hydrogens is 240 g/mol. The number of hydrogen-bond acceptors (Lipinski definition) is 2. The predicted molar refractivity (Wildman–Crippen MR) is 77.4 cm³/mol. The van der Waals surface area contributed by atoms with Crippen LogP contribution in [-0.4, -0.2) is 6.29 Å². The van der Waals surface area contributed by atoms with Crippen molar-refractivity contribution < 1.29 is 4.79 Å². The molecule has 0 bridgehead atoms. The lowest BCUT2D eigenvalue weighted by Gasteiger charge is -2.10. The molecule has 0 amide bonds. The van der Waals surface area contributed by atoms with E-state index in [-0.39, 0.29) is 5.92 Å². The minimum absolute atomic E-state index is 0.00472. The fourth-order valence-corrected chi connectivity index (χ4v) is 2.80. The SMILES string of the molecule is CC(C)c1ccc(CC(C=O)c2cccs2)cc1. The molecule has 0 saturated heterocycles. The van der Waals surface area contributed by atoms with Gasteiger partial charge in [-0.2, -0.15) is 0 Å². The van der Waals surface area contributed by atoms with Crippen LogP contribution in [0.5, 0.6) is 0 Å². The average molecular weight is 258 g/mol. The first-order valence-electron chi connectivity index (χ1n) is 6.28. The van der Waals surface area contributed by atoms with Crippen LogP contribution in [0.2, 0.25) is 0 Å². The van der Waals surface area contributed by atoms with Gasteiger partial charge in [0, 0.05) is 4.88 Å². The summed E-state index contributed by atoms with van der Waals surface area (Å²) in [6.45, 7) is 4.38. The van der Waals surface area contributed by atoms with Gasteiger partial charge < -0.3 is 4.79 Å². The fraction of sp³-hybridized carbons (Fsp3) is 0.312. The summed E-state index contributed by atoms with van der Waals surface area (Å²) in [5, 5.41) is 2.02. The van der Waals surface area contributed by atoms with E-state index in [4.69, 9.17) is 0 Å². The zero-order chi connectivity index (χ0) is 13.0. The first-order chi connectivity index (χ1) is 8.70. The molecular formula is C16H18OS. The second kappa shape index (κ2) is 5.96. The minimum Gasteiger partial charge on any atom is -0.303 e. The van der Waals surface area contributed by atoms with Crippen molar-refractivity contribution in [3.8, 4) is 0 Å². The van der Waals surface area contributed by atoms with Gasteiger partial charge in [-0.25, -0.2) is 0 Å². The topological polar surface area (TPSA) is 17.1 Å². The molecule has 1 aromatic carbocycles. The van der Waals surface area contributed by atoms with Crippen molar-refractivity contribution in [2.45, 2.75) is 32.1 Å². The zero-order valence-corrected chi connectivity index (χ0v) is 11.6. The molecule has 0 N–H and O–H groups in total. The smallest absolute Gasteiger partial charge is 0.128 e. The van der Waals surface area contributed by atoms with Crippen molar-refractivity contribution in [2.24, 2.45) is 0 Å². The number of benzene rings is 1. The normalized spacial score (nSPS) is 12.6. The van der Waals surface area contributed by atoms with E-state index < -0.39 is 0 Å². The maximum absolute atomic E-state index is 11.2. The van der Waals surface area contributed by atoms with Gasteiger partial charge in [0.15, 0.2) is 0 Å². The standard InChI is InChI=1S/C16H18OS/c1-12(2)14-7-5-13(6-8-14)10-15(11-17)16-4-3-9-18-16/h3-9,11-12,15H,10H2,1-2H3. The summed E-state index contributed by atoms with van der Waals surface area (Å²) in [4.78, 5) is 12.3. The second-order valence-electron chi connectivity index (χ2n) is 4.86. The van der Waals surface area contributed by atoms with Crippen LogP contribution in [-0.2, 0) is 11.2 Å². The Labute approximate surface area is 112 Å². The van der Waals surface area contributed by atoms with Crippen LogP contribution in [0.15, 0.2) is 41.8 Å². The molecule has 2 heteroatoms. The molecule has 94 valence electrons. The van der Waals surface area contributed by atoms with Gasteiger partial charge in [-0.1, -0.05) is 44.2 Å². The van der Waals surface area contributed by atoms with Crippen LogP contribution >= 0.6 is 11.3 Å². The fourth-order valence-electron chi connectivity index (χ4n) is 2.01. The zero-order valence-electron chi connectivity index (χ0n) is 10.8. The molecule has 0 aliphatic heterocycles. The Bertz CT molecular complexity index is 482. The highest BCUT2D eigenvalue weighted by atomic mass is 32.1. The summed E-state index contributed by atoms with van der Waals surface area (Å²) in [6, 6.07) is 12.6. The van der Waals surface area contributed by atoms with Crippen LogP contribution in [0.3, 0.4) is 0 Å². The molecule has 0 radical (unpaired) electrons. The highest BCUT2D eigenvalue weighted by molar-refractivity contribution is 7.10. The number of hydrogen-bond donors (Lipinski definition) is 0. The Morgan fingerprint density at radius 2 is 1.89 bits per heavy atom. The monoisotopic (exact) mass is 258 g/mol. The highest BCUT2D eigenvalue weighted by Crippen LogP contribution is 2.24. The van der Waals surface area contributed by atoms with E-state index in [0.29, 0.717) is 5.92 Å². The van der Waals surface area contributed by atoms with E-state index in [2.05, 4.69) is 38.1 Å². The number of carbonyl (C=O) groups is 1. The Balaban J connectivity index is 2.10. The molecule has 1 unspecified atom stereocenters. The Hall–Kier alpha value is -1.41. The van der Waals surface area contributed by atoms with Crippen molar-refractivity contribution in [3.05, 3.63) is 57.8 Å². The van der Waals surface area contributed by atoms with Gasteiger partial charge in [0.2, 0.25) is 0 Å². The molecule has 18 heavy (non-hydrogen) atoms. The molecule has 0 saturated carbocycles. The lowest BCUT2D eigenvalue weighted by atomic mass is 9.96. The number of aldehydes is 1. The molecule has 1 heterocycles. The van der Waals surface area contributed by atoms with Gasteiger partial charge in [0.25, 0.3) is 0 Å². The summed E-state index contributed by atoms with van der Waals surface area (Å²) >= 11 is 1.65. The third-order valence-corrected chi connectivity index (χ3v) is 4.18. The first kappa shape index (κ1) is 13.0. The van der Waals surface area contributed by atoms with Crippen LogP contribution in [0, 0.1) is 0 Å². The third kappa shape index (κ3) is 3.08. The Morgan fingerprint density at radius 3 is 2.39 bits per heavy atom. The van der Waals surface area contributed by atoms with Gasteiger partial charge >= 0.3 is 0 Å². The van der Waals surface area contributed by atoms with Gasteiger partial charge in [0.1, 0.15) is 6.29 Å². The molecule has 1 nitrogen and oxygen atoms in total. The van der Waals surface area contributed by atoms with Gasteiger partial charge in [-0.15, -0.1) is 11.3 Å². The summed E-state index contributed by atoms with van der Waals surface area (Å²) in [6.07, 6.45) is 1.85. The Kier molecular flexibility index (Phi) is 4.32. The predicted octanol–water partition coefficient (Wildman–Crippen LogP) is 4.40. The molecule has 0 fully saturated rings. The van der Waals surface area contributed by atoms with Crippen molar-refractivity contribution in [3.63, 3.8) is 0 Å². The van der Waals surface area contributed by atoms with E-state index in [9.17, 15) is 4.79 Å². The van der Waals surface area contributed by atoms with Crippen LogP contribution in [0.25, 0.3) is 0 Å². The summed E-state index contributed by atoms with van der Waals surface area (Å²) < 4.78 is 0. The largest absolute Gasteiger partial charge is 0.303 e. The summed E-state index contributed by atoms with van der Waals surface area (Å²) in [5.41, 5.74) is 2.57. The average Bonchev–Trinajstić information content (AvgIpc) is 2.90. The first-order valence-corrected chi connectivity index (χ1v) is 7.16. The molecule has 0 aliphatic rings. The van der Waals surface area contributed by atoms with E-state index >= 15 is 0 Å². The molecule has 0 spiro atoms. The number of rotatable bonds is 5. The van der Waals surface area contributed by atoms with Gasteiger partial charge in [-0.3, -0.25) is 0 Å². The number of thiophene rings is 1. The van der Waals surface area contributed by atoms with Crippen molar-refractivity contribution in [1.29, 1.82) is 0 Å². The maximum Gasteiger partial charge on any atom is 0.128 e. The van der Waals surface area contributed by atoms with Crippen LogP contribution in [0.1, 0.15) is 41.7 Å². The van der Waals surface area contributed by atoms with Crippen LogP contribution < -0.4 is 0 Å². The van der Waals surface area contributed by atoms with E-state index in [1.54, 1.807) is 11.3 Å². The van der Waals surface area contributed by atoms with E-state index in [1.165, 1.54) is 11.1 Å². The molecule has 1 aromatic heterocycles. The molecule has 2 rings (SSSR count). The molecule has 0 aliphatic carbocycles. The maximum atomic E-state index is 11.2. The summed E-state index contributed by atoms with van der Waals surface area (Å²) in [5.74, 6) is 0.549. The second-order valence-corrected chi connectivity index (χ2v) is 5.84. The Morgan fingerprint density at radius 1 is 1.17 bits per heavy atom. The third-order valence-electron chi connectivity index (χ3n) is 3.17. The van der Waals surface area contributed by atoms with Gasteiger partial charge in [-0.05, 0) is 34.9 Å². The minimum atomic E-state index is -0.00472. The quantitative estimate of drug-likeness (QED) is 0.727. The number of carbonyl (C=O) groups excluding carboxylic acids is 1. The van der Waals surface area contributed by atoms with E-state index in [1.807, 2.05) is 17.5 Å². The lowest BCUT2D eigenvalue weighted by Crippen LogP contribution is -2.02. The highest BCUT2D eigenvalue weighted by Gasteiger charge is 2.12.